The maximum absolute atomic E-state index is 14.0. The Morgan fingerprint density at radius 3 is 1.98 bits per heavy atom. The number of rotatable bonds is 10. The Labute approximate surface area is 241 Å². The Kier molecular flexibility index (Phi) is 9.15. The van der Waals surface area contributed by atoms with Gasteiger partial charge < -0.3 is 14.5 Å². The minimum Gasteiger partial charge on any atom is -0.489 e. The van der Waals surface area contributed by atoms with Gasteiger partial charge in [-0.25, -0.2) is 0 Å². The van der Waals surface area contributed by atoms with E-state index in [1.807, 2.05) is 89.8 Å². The third-order valence-electron chi connectivity index (χ3n) is 7.23. The number of likely N-dealkylation sites (tertiary alicyclic amines) is 1. The Morgan fingerprint density at radius 1 is 0.750 bits per heavy atom. The van der Waals surface area contributed by atoms with Crippen molar-refractivity contribution in [2.45, 2.75) is 38.5 Å². The van der Waals surface area contributed by atoms with Gasteiger partial charge in [-0.15, -0.1) is 0 Å². The smallest absolute Gasteiger partial charge is 0.254 e. The number of benzene rings is 4. The lowest BCUT2D eigenvalue weighted by atomic mass is 10.0. The molecule has 1 heterocycles. The molecule has 0 saturated carbocycles. The molecule has 0 aliphatic carbocycles. The summed E-state index contributed by atoms with van der Waals surface area (Å²) in [4.78, 5) is 31.6. The number of carbonyl (C=O) groups excluding carboxylic acids is 2. The summed E-state index contributed by atoms with van der Waals surface area (Å²) in [5.74, 6) is 0.540. The second-order valence-electron chi connectivity index (χ2n) is 10.1. The van der Waals surface area contributed by atoms with Crippen molar-refractivity contribution in [2.24, 2.45) is 0 Å². The van der Waals surface area contributed by atoms with Crippen molar-refractivity contribution in [3.05, 3.63) is 136 Å². The van der Waals surface area contributed by atoms with Crippen molar-refractivity contribution < 1.29 is 14.3 Å². The van der Waals surface area contributed by atoms with Crippen LogP contribution in [0.1, 0.15) is 39.9 Å². The molecule has 40 heavy (non-hydrogen) atoms. The SMILES string of the molecule is O=C(C(Cc1ccccc1)N(Cc1ccc(OCc2ccccc2)cc1)C(=O)c1ccc(Cl)cc1)N1CCCC1. The quantitative estimate of drug-likeness (QED) is 0.217. The standard InChI is InChI=1S/C34H33ClN2O3/c35-30-17-15-29(16-18-30)33(38)37(24-27-13-19-31(20-14-27)40-25-28-11-5-2-6-12-28)32(23-26-9-3-1-4-10-26)34(39)36-21-7-8-22-36/h1-6,9-20,32H,7-8,21-25H2. The highest BCUT2D eigenvalue weighted by atomic mass is 35.5. The molecule has 4 aromatic carbocycles. The van der Waals surface area contributed by atoms with Gasteiger partial charge in [0.2, 0.25) is 5.91 Å². The van der Waals surface area contributed by atoms with Crippen molar-refractivity contribution in [3.8, 4) is 5.75 Å². The summed E-state index contributed by atoms with van der Waals surface area (Å²) in [7, 11) is 0. The normalized spacial score (nSPS) is 13.6. The van der Waals surface area contributed by atoms with Crippen LogP contribution in [-0.4, -0.2) is 40.7 Å². The van der Waals surface area contributed by atoms with E-state index in [2.05, 4.69) is 0 Å². The fraction of sp³-hybridized carbons (Fsp3) is 0.235. The lowest BCUT2D eigenvalue weighted by Crippen LogP contribution is -2.51. The van der Waals surface area contributed by atoms with E-state index in [9.17, 15) is 9.59 Å². The van der Waals surface area contributed by atoms with Gasteiger partial charge in [0.15, 0.2) is 0 Å². The summed E-state index contributed by atoms with van der Waals surface area (Å²) in [6.07, 6.45) is 2.41. The first-order chi connectivity index (χ1) is 19.6. The average molecular weight is 553 g/mol. The molecule has 2 amide bonds. The van der Waals surface area contributed by atoms with E-state index in [4.69, 9.17) is 16.3 Å². The Morgan fingerprint density at radius 2 is 1.35 bits per heavy atom. The fourth-order valence-corrected chi connectivity index (χ4v) is 5.15. The largest absolute Gasteiger partial charge is 0.489 e. The van der Waals surface area contributed by atoms with Crippen molar-refractivity contribution in [2.75, 3.05) is 13.1 Å². The molecule has 5 nitrogen and oxygen atoms in total. The van der Waals surface area contributed by atoms with Crippen LogP contribution in [-0.2, 0) is 24.4 Å². The zero-order valence-corrected chi connectivity index (χ0v) is 23.2. The van der Waals surface area contributed by atoms with E-state index in [1.165, 1.54) is 0 Å². The summed E-state index contributed by atoms with van der Waals surface area (Å²) in [5, 5.41) is 0.558. The number of amides is 2. The number of carbonyl (C=O) groups is 2. The molecule has 1 atom stereocenters. The zero-order chi connectivity index (χ0) is 27.7. The molecule has 1 unspecified atom stereocenters. The second kappa shape index (κ2) is 13.3. The molecule has 6 heteroatoms. The summed E-state index contributed by atoms with van der Waals surface area (Å²) >= 11 is 6.11. The third-order valence-corrected chi connectivity index (χ3v) is 7.48. The van der Waals surface area contributed by atoms with Crippen LogP contribution in [0.25, 0.3) is 0 Å². The second-order valence-corrected chi connectivity index (χ2v) is 10.5. The van der Waals surface area contributed by atoms with Crippen LogP contribution < -0.4 is 4.74 Å². The predicted molar refractivity (Wildman–Crippen MR) is 158 cm³/mol. The highest BCUT2D eigenvalue weighted by Gasteiger charge is 2.34. The summed E-state index contributed by atoms with van der Waals surface area (Å²) < 4.78 is 5.96. The van der Waals surface area contributed by atoms with Gasteiger partial charge in [-0.1, -0.05) is 84.4 Å². The highest BCUT2D eigenvalue weighted by Crippen LogP contribution is 2.23. The zero-order valence-electron chi connectivity index (χ0n) is 22.4. The molecule has 1 aliphatic heterocycles. The lowest BCUT2D eigenvalue weighted by Gasteiger charge is -2.34. The number of halogens is 1. The van der Waals surface area contributed by atoms with E-state index in [1.54, 1.807) is 29.2 Å². The number of hydrogen-bond acceptors (Lipinski definition) is 3. The average Bonchev–Trinajstić information content (AvgIpc) is 3.55. The fourth-order valence-electron chi connectivity index (χ4n) is 5.03. The predicted octanol–water partition coefficient (Wildman–Crippen LogP) is 6.80. The first kappa shape index (κ1) is 27.5. The van der Waals surface area contributed by atoms with Crippen molar-refractivity contribution in [1.82, 2.24) is 9.80 Å². The monoisotopic (exact) mass is 552 g/mol. The van der Waals surface area contributed by atoms with Gasteiger partial charge in [-0.2, -0.15) is 0 Å². The molecule has 0 aromatic heterocycles. The first-order valence-corrected chi connectivity index (χ1v) is 14.1. The van der Waals surface area contributed by atoms with E-state index in [0.717, 1.165) is 48.4 Å². The maximum atomic E-state index is 14.0. The molecule has 1 aliphatic rings. The molecule has 204 valence electrons. The van der Waals surface area contributed by atoms with Gasteiger partial charge in [-0.05, 0) is 65.9 Å². The van der Waals surface area contributed by atoms with Crippen molar-refractivity contribution in [1.29, 1.82) is 0 Å². The minimum absolute atomic E-state index is 0.00789. The Hall–Kier alpha value is -4.09. The summed E-state index contributed by atoms with van der Waals surface area (Å²) in [5.41, 5.74) is 3.52. The van der Waals surface area contributed by atoms with Crippen LogP contribution in [0, 0.1) is 0 Å². The highest BCUT2D eigenvalue weighted by molar-refractivity contribution is 6.30. The van der Waals surface area contributed by atoms with E-state index >= 15 is 0 Å². The van der Waals surface area contributed by atoms with Gasteiger partial charge in [-0.3, -0.25) is 9.59 Å². The Balaban J connectivity index is 1.42. The van der Waals surface area contributed by atoms with Crippen LogP contribution >= 0.6 is 11.6 Å². The van der Waals surface area contributed by atoms with Gasteiger partial charge in [0.05, 0.1) is 0 Å². The molecule has 0 radical (unpaired) electrons. The first-order valence-electron chi connectivity index (χ1n) is 13.7. The third kappa shape index (κ3) is 7.10. The molecule has 1 fully saturated rings. The molecule has 1 saturated heterocycles. The van der Waals surface area contributed by atoms with Crippen LogP contribution in [0.15, 0.2) is 109 Å². The van der Waals surface area contributed by atoms with Crippen LogP contribution in [0.5, 0.6) is 5.75 Å². The van der Waals surface area contributed by atoms with Crippen LogP contribution in [0.3, 0.4) is 0 Å². The topological polar surface area (TPSA) is 49.9 Å². The minimum atomic E-state index is -0.641. The van der Waals surface area contributed by atoms with Gasteiger partial charge in [0.1, 0.15) is 18.4 Å². The summed E-state index contributed by atoms with van der Waals surface area (Å²) in [6, 6.07) is 33.9. The maximum Gasteiger partial charge on any atom is 0.254 e. The van der Waals surface area contributed by atoms with E-state index < -0.39 is 6.04 Å². The molecule has 0 spiro atoms. The van der Waals surface area contributed by atoms with Crippen LogP contribution in [0.2, 0.25) is 5.02 Å². The van der Waals surface area contributed by atoms with Gasteiger partial charge in [0, 0.05) is 36.6 Å². The molecule has 0 N–H and O–H groups in total. The molecule has 5 rings (SSSR count). The number of ether oxygens (including phenoxy) is 1. The Bertz CT molecular complexity index is 1390. The molecular formula is C34H33ClN2O3. The van der Waals surface area contributed by atoms with Crippen LogP contribution in [0.4, 0.5) is 0 Å². The number of nitrogens with zero attached hydrogens (tertiary/aromatic N) is 2. The summed E-state index contributed by atoms with van der Waals surface area (Å²) in [6.45, 7) is 2.21. The van der Waals surface area contributed by atoms with E-state index in [-0.39, 0.29) is 18.4 Å². The van der Waals surface area contributed by atoms with Gasteiger partial charge >= 0.3 is 0 Å². The molecule has 4 aromatic rings. The van der Waals surface area contributed by atoms with E-state index in [0.29, 0.717) is 23.6 Å². The lowest BCUT2D eigenvalue weighted by molar-refractivity contribution is -0.135. The van der Waals surface area contributed by atoms with Gasteiger partial charge in [0.25, 0.3) is 5.91 Å². The number of hydrogen-bond donors (Lipinski definition) is 0. The van der Waals surface area contributed by atoms with Crippen molar-refractivity contribution >= 4 is 23.4 Å². The molecule has 0 bridgehead atoms. The van der Waals surface area contributed by atoms with Crippen molar-refractivity contribution in [3.63, 3.8) is 0 Å². The molecular weight excluding hydrogens is 520 g/mol.